The van der Waals surface area contributed by atoms with E-state index in [2.05, 4.69) is 9.97 Å². The SMILES string of the molecule is COc1ccc(-c2nc(C(N)=O)c3c(n2)n(-c2ccccc2OC)c(=O)n3Cc2ccccc2)cc1O. The molecule has 0 spiro atoms. The molecule has 0 fully saturated rings. The van der Waals surface area contributed by atoms with Gasteiger partial charge in [0, 0.05) is 5.56 Å². The number of methoxy groups -OCH3 is 2. The molecule has 0 bridgehead atoms. The van der Waals surface area contributed by atoms with Crippen LogP contribution in [-0.2, 0) is 6.54 Å². The molecule has 0 radical (unpaired) electrons. The Morgan fingerprint density at radius 2 is 1.65 bits per heavy atom. The summed E-state index contributed by atoms with van der Waals surface area (Å²) < 4.78 is 13.4. The van der Waals surface area contributed by atoms with Crippen molar-refractivity contribution >= 4 is 17.1 Å². The Labute approximate surface area is 211 Å². The maximum atomic E-state index is 13.9. The molecule has 0 aliphatic heterocycles. The number of carbonyl (C=O) groups is 1. The van der Waals surface area contributed by atoms with Crippen LogP contribution >= 0.6 is 0 Å². The van der Waals surface area contributed by atoms with Crippen molar-refractivity contribution in [3.05, 3.63) is 94.5 Å². The fourth-order valence-corrected chi connectivity index (χ4v) is 4.23. The summed E-state index contributed by atoms with van der Waals surface area (Å²) in [6, 6.07) is 20.9. The van der Waals surface area contributed by atoms with Crippen molar-refractivity contribution < 1.29 is 19.4 Å². The Balaban J connectivity index is 1.87. The number of nitrogens with two attached hydrogens (primary N) is 1. The van der Waals surface area contributed by atoms with Crippen LogP contribution in [0.3, 0.4) is 0 Å². The number of imidazole rings is 1. The Morgan fingerprint density at radius 1 is 0.946 bits per heavy atom. The van der Waals surface area contributed by atoms with Crippen molar-refractivity contribution in [3.63, 3.8) is 0 Å². The molecule has 2 heterocycles. The van der Waals surface area contributed by atoms with E-state index in [4.69, 9.17) is 15.2 Å². The first kappa shape index (κ1) is 23.6. The van der Waals surface area contributed by atoms with E-state index in [9.17, 15) is 14.7 Å². The molecule has 5 aromatic rings. The summed E-state index contributed by atoms with van der Waals surface area (Å²) in [6.45, 7) is 0.157. The monoisotopic (exact) mass is 497 g/mol. The minimum atomic E-state index is -0.828. The number of para-hydroxylation sites is 2. The molecule has 0 saturated carbocycles. The van der Waals surface area contributed by atoms with Gasteiger partial charge in [-0.2, -0.15) is 0 Å². The quantitative estimate of drug-likeness (QED) is 0.353. The van der Waals surface area contributed by atoms with Gasteiger partial charge < -0.3 is 20.3 Å². The third kappa shape index (κ3) is 4.14. The van der Waals surface area contributed by atoms with Crippen molar-refractivity contribution in [2.45, 2.75) is 6.54 Å². The second-order valence-electron chi connectivity index (χ2n) is 8.18. The van der Waals surface area contributed by atoms with Crippen LogP contribution in [0.25, 0.3) is 28.2 Å². The highest BCUT2D eigenvalue weighted by atomic mass is 16.5. The van der Waals surface area contributed by atoms with Crippen LogP contribution in [0, 0.1) is 0 Å². The molecule has 10 heteroatoms. The molecule has 0 aliphatic carbocycles. The molecule has 1 amide bonds. The number of benzene rings is 3. The van der Waals surface area contributed by atoms with E-state index >= 15 is 0 Å². The van der Waals surface area contributed by atoms with E-state index in [0.29, 0.717) is 17.0 Å². The van der Waals surface area contributed by atoms with Crippen LogP contribution < -0.4 is 20.9 Å². The molecule has 2 aromatic heterocycles. The number of phenols is 1. The van der Waals surface area contributed by atoms with Crippen molar-refractivity contribution in [2.24, 2.45) is 5.73 Å². The molecule has 10 nitrogen and oxygen atoms in total. The number of hydrogen-bond acceptors (Lipinski definition) is 7. The summed E-state index contributed by atoms with van der Waals surface area (Å²) in [7, 11) is 2.94. The Hall–Kier alpha value is -5.12. The molecule has 3 N–H and O–H groups in total. The first-order valence-corrected chi connectivity index (χ1v) is 11.3. The topological polar surface area (TPSA) is 134 Å². The third-order valence-corrected chi connectivity index (χ3v) is 5.95. The largest absolute Gasteiger partial charge is 0.504 e. The molecule has 37 heavy (non-hydrogen) atoms. The summed E-state index contributed by atoms with van der Waals surface area (Å²) in [5.74, 6) is -0.163. The highest BCUT2D eigenvalue weighted by Gasteiger charge is 2.26. The van der Waals surface area contributed by atoms with Crippen LogP contribution in [-0.4, -0.2) is 44.3 Å². The second-order valence-corrected chi connectivity index (χ2v) is 8.18. The first-order chi connectivity index (χ1) is 17.9. The predicted octanol–water partition coefficient (Wildman–Crippen LogP) is 3.12. The lowest BCUT2D eigenvalue weighted by molar-refractivity contribution is 0.0997. The number of ether oxygens (including phenoxy) is 2. The van der Waals surface area contributed by atoms with E-state index < -0.39 is 11.6 Å². The smallest absolute Gasteiger partial charge is 0.335 e. The van der Waals surface area contributed by atoms with Crippen molar-refractivity contribution in [3.8, 4) is 34.3 Å². The molecule has 0 atom stereocenters. The first-order valence-electron chi connectivity index (χ1n) is 11.3. The number of phenolic OH excluding ortho intramolecular Hbond substituents is 1. The lowest BCUT2D eigenvalue weighted by atomic mass is 10.1. The summed E-state index contributed by atoms with van der Waals surface area (Å²) in [5.41, 5.74) is 7.22. The minimum Gasteiger partial charge on any atom is -0.504 e. The Kier molecular flexibility index (Phi) is 6.06. The lowest BCUT2D eigenvalue weighted by Gasteiger charge is -2.10. The van der Waals surface area contributed by atoms with Crippen molar-refractivity contribution in [2.75, 3.05) is 14.2 Å². The number of amides is 1. The van der Waals surface area contributed by atoms with Gasteiger partial charge in [-0.05, 0) is 35.9 Å². The van der Waals surface area contributed by atoms with Crippen LogP contribution in [0.4, 0.5) is 0 Å². The lowest BCUT2D eigenvalue weighted by Crippen LogP contribution is -2.25. The summed E-state index contributed by atoms with van der Waals surface area (Å²) in [6.07, 6.45) is 0. The number of nitrogens with zero attached hydrogens (tertiary/aromatic N) is 4. The number of aromatic hydroxyl groups is 1. The summed E-state index contributed by atoms with van der Waals surface area (Å²) >= 11 is 0. The number of rotatable bonds is 7. The van der Waals surface area contributed by atoms with E-state index in [0.717, 1.165) is 5.56 Å². The average Bonchev–Trinajstić information content (AvgIpc) is 3.19. The van der Waals surface area contributed by atoms with E-state index in [1.54, 1.807) is 36.4 Å². The molecule has 186 valence electrons. The number of aromatic nitrogens is 4. The van der Waals surface area contributed by atoms with Gasteiger partial charge in [-0.15, -0.1) is 0 Å². The van der Waals surface area contributed by atoms with Gasteiger partial charge in [-0.3, -0.25) is 9.36 Å². The van der Waals surface area contributed by atoms with Crippen LogP contribution in [0.1, 0.15) is 16.1 Å². The maximum absolute atomic E-state index is 13.9. The van der Waals surface area contributed by atoms with Gasteiger partial charge in [0.1, 0.15) is 11.3 Å². The number of fused-ring (bicyclic) bond motifs is 1. The van der Waals surface area contributed by atoms with Gasteiger partial charge in [0.25, 0.3) is 5.91 Å². The van der Waals surface area contributed by atoms with Gasteiger partial charge >= 0.3 is 5.69 Å². The zero-order chi connectivity index (χ0) is 26.1. The van der Waals surface area contributed by atoms with Gasteiger partial charge in [-0.1, -0.05) is 42.5 Å². The summed E-state index contributed by atoms with van der Waals surface area (Å²) in [5, 5.41) is 10.3. The van der Waals surface area contributed by atoms with Crippen LogP contribution in [0.15, 0.2) is 77.6 Å². The Morgan fingerprint density at radius 3 is 2.32 bits per heavy atom. The average molecular weight is 498 g/mol. The zero-order valence-electron chi connectivity index (χ0n) is 20.1. The van der Waals surface area contributed by atoms with E-state index in [1.165, 1.54) is 29.4 Å². The number of primary amides is 1. The van der Waals surface area contributed by atoms with E-state index in [1.807, 2.05) is 30.3 Å². The van der Waals surface area contributed by atoms with Gasteiger partial charge in [-0.25, -0.2) is 19.3 Å². The molecular weight excluding hydrogens is 474 g/mol. The molecule has 0 aliphatic rings. The molecule has 3 aromatic carbocycles. The zero-order valence-corrected chi connectivity index (χ0v) is 20.1. The predicted molar refractivity (Wildman–Crippen MR) is 137 cm³/mol. The third-order valence-electron chi connectivity index (χ3n) is 5.95. The van der Waals surface area contributed by atoms with E-state index in [-0.39, 0.29) is 40.7 Å². The van der Waals surface area contributed by atoms with Crippen molar-refractivity contribution in [1.82, 2.24) is 19.1 Å². The standard InChI is InChI=1S/C27H23N5O5/c1-36-20-11-7-6-10-18(20)32-26-23(31(27(32)35)15-16-8-4-3-5-9-16)22(24(28)34)29-25(30-26)17-12-13-21(37-2)19(33)14-17/h3-14,33H,15H2,1-2H3,(H2,28,34). The number of hydrogen-bond donors (Lipinski definition) is 2. The second kappa shape index (κ2) is 9.50. The normalized spacial score (nSPS) is 11.0. The number of carbonyl (C=O) groups excluding carboxylic acids is 1. The van der Waals surface area contributed by atoms with Gasteiger partial charge in [0.2, 0.25) is 0 Å². The maximum Gasteiger partial charge on any atom is 0.335 e. The highest BCUT2D eigenvalue weighted by molar-refractivity contribution is 6.02. The summed E-state index contributed by atoms with van der Waals surface area (Å²) in [4.78, 5) is 35.7. The fraction of sp³-hybridized carbons (Fsp3) is 0.111. The Bertz CT molecular complexity index is 1690. The molecular formula is C27H23N5O5. The van der Waals surface area contributed by atoms with Gasteiger partial charge in [0.15, 0.2) is 28.7 Å². The minimum absolute atomic E-state index is 0.0970. The molecule has 0 saturated heterocycles. The molecule has 0 unspecified atom stereocenters. The highest BCUT2D eigenvalue weighted by Crippen LogP contribution is 2.32. The van der Waals surface area contributed by atoms with Crippen molar-refractivity contribution in [1.29, 1.82) is 0 Å². The van der Waals surface area contributed by atoms with Crippen LogP contribution in [0.5, 0.6) is 17.2 Å². The van der Waals surface area contributed by atoms with Crippen LogP contribution in [0.2, 0.25) is 0 Å². The van der Waals surface area contributed by atoms with Gasteiger partial charge in [0.05, 0.1) is 26.5 Å². The fourth-order valence-electron chi connectivity index (χ4n) is 4.23. The molecule has 5 rings (SSSR count).